The molecule has 6 nitrogen and oxygen atoms in total. The van der Waals surface area contributed by atoms with Gasteiger partial charge in [0.2, 0.25) is 5.88 Å². The lowest BCUT2D eigenvalue weighted by Crippen LogP contribution is -2.34. The van der Waals surface area contributed by atoms with Crippen molar-refractivity contribution in [1.82, 2.24) is 9.88 Å². The van der Waals surface area contributed by atoms with E-state index in [1.165, 1.54) is 0 Å². The number of oxime groups is 1. The number of aryl methyl sites for hydroxylation is 1. The van der Waals surface area contributed by atoms with Crippen molar-refractivity contribution in [2.75, 3.05) is 13.7 Å². The zero-order valence-corrected chi connectivity index (χ0v) is 14.8. The van der Waals surface area contributed by atoms with Gasteiger partial charge < -0.3 is 19.6 Å². The summed E-state index contributed by atoms with van der Waals surface area (Å²) in [5.74, 6) is 2.33. The van der Waals surface area contributed by atoms with Crippen molar-refractivity contribution >= 4 is 5.84 Å². The van der Waals surface area contributed by atoms with Gasteiger partial charge in [-0.1, -0.05) is 5.16 Å². The predicted octanol–water partition coefficient (Wildman–Crippen LogP) is 3.81. The molecule has 132 valence electrons. The second kappa shape index (κ2) is 7.42. The quantitative estimate of drug-likeness (QED) is 0.396. The summed E-state index contributed by atoms with van der Waals surface area (Å²) in [6.07, 6.45) is 2.15. The highest BCUT2D eigenvalue weighted by atomic mass is 16.5. The van der Waals surface area contributed by atoms with E-state index in [2.05, 4.69) is 22.0 Å². The molecule has 6 heteroatoms. The Bertz CT molecular complexity index is 759. The molecule has 0 saturated carbocycles. The lowest BCUT2D eigenvalue weighted by molar-refractivity contribution is 0.298. The maximum Gasteiger partial charge on any atom is 0.230 e. The van der Waals surface area contributed by atoms with Gasteiger partial charge in [-0.25, -0.2) is 4.98 Å². The number of benzene rings is 1. The molecule has 1 aromatic heterocycles. The van der Waals surface area contributed by atoms with Crippen molar-refractivity contribution in [3.05, 3.63) is 47.7 Å². The summed E-state index contributed by atoms with van der Waals surface area (Å²) in [5, 5.41) is 13.2. The van der Waals surface area contributed by atoms with Crippen LogP contribution < -0.4 is 9.47 Å². The second-order valence-corrected chi connectivity index (χ2v) is 6.19. The Hall–Kier alpha value is -2.76. The van der Waals surface area contributed by atoms with Gasteiger partial charge in [0.15, 0.2) is 5.84 Å². The number of pyridine rings is 1. The molecule has 1 unspecified atom stereocenters. The third-order valence-corrected chi connectivity index (χ3v) is 4.43. The first-order valence-electron chi connectivity index (χ1n) is 8.41. The summed E-state index contributed by atoms with van der Waals surface area (Å²) < 4.78 is 11.1. The lowest BCUT2D eigenvalue weighted by Gasteiger charge is -2.25. The van der Waals surface area contributed by atoms with Gasteiger partial charge in [-0.15, -0.1) is 0 Å². The van der Waals surface area contributed by atoms with Gasteiger partial charge in [0, 0.05) is 18.3 Å². The molecule has 0 aliphatic carbocycles. The first kappa shape index (κ1) is 17.1. The van der Waals surface area contributed by atoms with Crippen LogP contribution in [0.5, 0.6) is 17.4 Å². The fourth-order valence-electron chi connectivity index (χ4n) is 3.05. The van der Waals surface area contributed by atoms with Crippen molar-refractivity contribution in [2.45, 2.75) is 32.7 Å². The third-order valence-electron chi connectivity index (χ3n) is 4.43. The van der Waals surface area contributed by atoms with E-state index in [4.69, 9.17) is 9.47 Å². The van der Waals surface area contributed by atoms with E-state index >= 15 is 0 Å². The van der Waals surface area contributed by atoms with Crippen LogP contribution in [0.3, 0.4) is 0 Å². The highest BCUT2D eigenvalue weighted by Crippen LogP contribution is 2.29. The summed E-state index contributed by atoms with van der Waals surface area (Å²) in [7, 11) is 1.62. The maximum absolute atomic E-state index is 9.63. The van der Waals surface area contributed by atoms with E-state index < -0.39 is 0 Å². The monoisotopic (exact) mass is 341 g/mol. The van der Waals surface area contributed by atoms with E-state index in [-0.39, 0.29) is 0 Å². The van der Waals surface area contributed by atoms with Crippen molar-refractivity contribution < 1.29 is 14.7 Å². The lowest BCUT2D eigenvalue weighted by atomic mass is 10.2. The largest absolute Gasteiger partial charge is 0.497 e. The van der Waals surface area contributed by atoms with Crippen LogP contribution in [0.4, 0.5) is 0 Å². The smallest absolute Gasteiger partial charge is 0.230 e. The van der Waals surface area contributed by atoms with Crippen molar-refractivity contribution in [3.8, 4) is 17.4 Å². The Morgan fingerprint density at radius 3 is 2.52 bits per heavy atom. The molecule has 1 N–H and O–H groups in total. The molecular formula is C19H23N3O3. The van der Waals surface area contributed by atoms with Crippen molar-refractivity contribution in [2.24, 2.45) is 5.16 Å². The van der Waals surface area contributed by atoms with Gasteiger partial charge in [0.05, 0.1) is 12.7 Å². The van der Waals surface area contributed by atoms with Crippen molar-refractivity contribution in [1.29, 1.82) is 0 Å². The van der Waals surface area contributed by atoms with Crippen LogP contribution in [0.2, 0.25) is 0 Å². The van der Waals surface area contributed by atoms with Crippen molar-refractivity contribution in [3.63, 3.8) is 0 Å². The van der Waals surface area contributed by atoms with Crippen LogP contribution in [-0.2, 0) is 0 Å². The number of hydrogen-bond donors (Lipinski definition) is 1. The molecule has 3 rings (SSSR count). The molecule has 1 fully saturated rings. The average Bonchev–Trinajstić information content (AvgIpc) is 3.04. The molecule has 1 atom stereocenters. The standard InChI is InChI=1S/C19H23N3O3/c1-13-6-11-17(18(21-23)22-12-4-5-14(22)2)19(20-13)25-16-9-7-15(24-3)8-10-16/h6-11,14,23H,4-5,12H2,1-3H3/b21-18-. The highest BCUT2D eigenvalue weighted by Gasteiger charge is 2.27. The zero-order chi connectivity index (χ0) is 17.8. The minimum absolute atomic E-state index is 0.320. The van der Waals surface area contributed by atoms with Gasteiger partial charge in [0.1, 0.15) is 11.5 Å². The number of nitrogens with zero attached hydrogens (tertiary/aromatic N) is 3. The topological polar surface area (TPSA) is 67.2 Å². The van der Waals surface area contributed by atoms with Gasteiger partial charge in [-0.3, -0.25) is 0 Å². The van der Waals surface area contributed by atoms with E-state index in [0.717, 1.165) is 30.8 Å². The van der Waals surface area contributed by atoms with Crippen LogP contribution in [-0.4, -0.2) is 40.6 Å². The molecule has 1 aromatic carbocycles. The molecule has 2 heterocycles. The summed E-state index contributed by atoms with van der Waals surface area (Å²) in [5.41, 5.74) is 1.51. The Morgan fingerprint density at radius 2 is 1.92 bits per heavy atom. The molecule has 0 bridgehead atoms. The highest BCUT2D eigenvalue weighted by molar-refractivity contribution is 6.00. The Labute approximate surface area is 147 Å². The van der Waals surface area contributed by atoms with E-state index in [1.54, 1.807) is 7.11 Å². The molecule has 25 heavy (non-hydrogen) atoms. The number of ether oxygens (including phenoxy) is 2. The van der Waals surface area contributed by atoms with Gasteiger partial charge in [-0.2, -0.15) is 0 Å². The van der Waals surface area contributed by atoms with Gasteiger partial charge in [-0.05, 0) is 63.1 Å². The summed E-state index contributed by atoms with van der Waals surface area (Å²) >= 11 is 0. The van der Waals surface area contributed by atoms with E-state index in [0.29, 0.717) is 29.1 Å². The van der Waals surface area contributed by atoms with Crippen LogP contribution >= 0.6 is 0 Å². The first-order chi connectivity index (χ1) is 12.1. The maximum atomic E-state index is 9.63. The molecule has 1 aliphatic heterocycles. The first-order valence-corrected chi connectivity index (χ1v) is 8.41. The van der Waals surface area contributed by atoms with Crippen LogP contribution in [0.25, 0.3) is 0 Å². The molecule has 1 saturated heterocycles. The molecule has 0 spiro atoms. The Balaban J connectivity index is 1.94. The van der Waals surface area contributed by atoms with Gasteiger partial charge >= 0.3 is 0 Å². The van der Waals surface area contributed by atoms with Gasteiger partial charge in [0.25, 0.3) is 0 Å². The van der Waals surface area contributed by atoms with E-state index in [1.807, 2.05) is 43.3 Å². The number of likely N-dealkylation sites (tertiary alicyclic amines) is 1. The fourth-order valence-corrected chi connectivity index (χ4v) is 3.05. The Kier molecular flexibility index (Phi) is 5.07. The fraction of sp³-hybridized carbons (Fsp3) is 0.368. The minimum Gasteiger partial charge on any atom is -0.497 e. The molecule has 0 amide bonds. The number of rotatable bonds is 4. The number of hydrogen-bond acceptors (Lipinski definition) is 5. The molecule has 1 aliphatic rings. The minimum atomic E-state index is 0.320. The zero-order valence-electron chi connectivity index (χ0n) is 14.8. The molecular weight excluding hydrogens is 318 g/mol. The Morgan fingerprint density at radius 1 is 1.20 bits per heavy atom. The summed E-state index contributed by atoms with van der Waals surface area (Å²) in [4.78, 5) is 6.59. The number of methoxy groups -OCH3 is 1. The predicted molar refractivity (Wildman–Crippen MR) is 95.8 cm³/mol. The molecule has 2 aromatic rings. The SMILES string of the molecule is COc1ccc(Oc2nc(C)ccc2/C(=N/O)N2CCCC2C)cc1. The second-order valence-electron chi connectivity index (χ2n) is 6.19. The summed E-state index contributed by atoms with van der Waals surface area (Å²) in [6.45, 7) is 4.89. The average molecular weight is 341 g/mol. The molecule has 0 radical (unpaired) electrons. The normalized spacial score (nSPS) is 17.6. The van der Waals surface area contributed by atoms with Crippen LogP contribution in [0.1, 0.15) is 31.0 Å². The van der Waals surface area contributed by atoms with Crippen LogP contribution in [0, 0.1) is 6.92 Å². The number of amidine groups is 1. The van der Waals surface area contributed by atoms with Crippen LogP contribution in [0.15, 0.2) is 41.6 Å². The summed E-state index contributed by atoms with van der Waals surface area (Å²) in [6, 6.07) is 11.4. The number of aromatic nitrogens is 1. The third kappa shape index (κ3) is 3.68. The van der Waals surface area contributed by atoms with E-state index in [9.17, 15) is 5.21 Å².